The van der Waals surface area contributed by atoms with Gasteiger partial charge in [-0.05, 0) is 12.1 Å². The average Bonchev–Trinajstić information content (AvgIpc) is 2.87. The molecule has 18 heavy (non-hydrogen) atoms. The lowest BCUT2D eigenvalue weighted by molar-refractivity contribution is -0.129. The zero-order chi connectivity index (χ0) is 12.5. The van der Waals surface area contributed by atoms with E-state index in [1.54, 1.807) is 13.3 Å². The van der Waals surface area contributed by atoms with E-state index >= 15 is 0 Å². The number of nitrogens with zero attached hydrogens (tertiary/aromatic N) is 3. The summed E-state index contributed by atoms with van der Waals surface area (Å²) >= 11 is 0. The molecule has 1 aliphatic rings. The van der Waals surface area contributed by atoms with Crippen LogP contribution in [-0.4, -0.2) is 47.0 Å². The fraction of sp³-hybridized carbons (Fsp3) is 0.385. The minimum atomic E-state index is 0.160. The van der Waals surface area contributed by atoms with Gasteiger partial charge in [0.25, 0.3) is 0 Å². The van der Waals surface area contributed by atoms with Crippen molar-refractivity contribution in [2.24, 2.45) is 0 Å². The van der Waals surface area contributed by atoms with Crippen LogP contribution < -0.4 is 4.90 Å². The molecule has 1 amide bonds. The van der Waals surface area contributed by atoms with Gasteiger partial charge < -0.3 is 14.8 Å². The summed E-state index contributed by atoms with van der Waals surface area (Å²) in [4.78, 5) is 23.0. The number of para-hydroxylation sites is 1. The summed E-state index contributed by atoms with van der Waals surface area (Å²) in [6.07, 6.45) is 1.72. The molecule has 0 aliphatic carbocycles. The Morgan fingerprint density at radius 2 is 2.06 bits per heavy atom. The lowest BCUT2D eigenvalue weighted by atomic mass is 10.2. The molecular weight excluding hydrogens is 228 g/mol. The van der Waals surface area contributed by atoms with Crippen LogP contribution in [-0.2, 0) is 4.79 Å². The lowest BCUT2D eigenvalue weighted by Gasteiger charge is -2.35. The van der Waals surface area contributed by atoms with E-state index in [9.17, 15) is 4.79 Å². The van der Waals surface area contributed by atoms with Crippen LogP contribution in [0.25, 0.3) is 11.0 Å². The normalized spacial score (nSPS) is 16.3. The molecule has 1 aromatic heterocycles. The molecule has 1 fully saturated rings. The Morgan fingerprint density at radius 3 is 2.78 bits per heavy atom. The fourth-order valence-corrected chi connectivity index (χ4v) is 2.47. The molecule has 0 unspecified atom stereocenters. The zero-order valence-electron chi connectivity index (χ0n) is 10.4. The van der Waals surface area contributed by atoms with E-state index in [1.807, 2.05) is 17.0 Å². The first-order valence-corrected chi connectivity index (χ1v) is 6.18. The highest BCUT2D eigenvalue weighted by atomic mass is 16.2. The lowest BCUT2D eigenvalue weighted by Crippen LogP contribution is -2.48. The van der Waals surface area contributed by atoms with E-state index in [4.69, 9.17) is 0 Å². The van der Waals surface area contributed by atoms with Crippen molar-refractivity contribution in [3.8, 4) is 0 Å². The minimum absolute atomic E-state index is 0.160. The molecule has 5 nitrogen and oxygen atoms in total. The average molecular weight is 244 g/mol. The Hall–Kier alpha value is -2.04. The Morgan fingerprint density at radius 1 is 1.28 bits per heavy atom. The van der Waals surface area contributed by atoms with Crippen molar-refractivity contribution in [3.05, 3.63) is 24.5 Å². The maximum Gasteiger partial charge on any atom is 0.219 e. The van der Waals surface area contributed by atoms with Gasteiger partial charge in [0.05, 0.1) is 17.5 Å². The highest BCUT2D eigenvalue weighted by molar-refractivity contribution is 5.88. The second-order valence-electron chi connectivity index (χ2n) is 4.57. The number of imidazole rings is 1. The molecule has 0 saturated carbocycles. The van der Waals surface area contributed by atoms with Crippen molar-refractivity contribution in [2.45, 2.75) is 6.92 Å². The fourth-order valence-electron chi connectivity index (χ4n) is 2.47. The molecule has 1 saturated heterocycles. The number of H-pyrrole nitrogens is 1. The van der Waals surface area contributed by atoms with Crippen molar-refractivity contribution in [3.63, 3.8) is 0 Å². The number of nitrogens with one attached hydrogen (secondary N) is 1. The van der Waals surface area contributed by atoms with Crippen LogP contribution in [0, 0.1) is 0 Å². The first-order valence-electron chi connectivity index (χ1n) is 6.18. The Bertz CT molecular complexity index is 569. The number of carbonyl (C=O) groups is 1. The summed E-state index contributed by atoms with van der Waals surface area (Å²) in [6.45, 7) is 4.94. The van der Waals surface area contributed by atoms with Gasteiger partial charge in [0, 0.05) is 33.1 Å². The van der Waals surface area contributed by atoms with Crippen LogP contribution in [0.15, 0.2) is 24.5 Å². The van der Waals surface area contributed by atoms with Gasteiger partial charge in [-0.15, -0.1) is 0 Å². The molecule has 3 rings (SSSR count). The van der Waals surface area contributed by atoms with E-state index in [0.717, 1.165) is 42.9 Å². The van der Waals surface area contributed by atoms with Gasteiger partial charge in [0.1, 0.15) is 5.52 Å². The number of amides is 1. The third-order valence-corrected chi connectivity index (χ3v) is 3.49. The molecule has 1 aromatic carbocycles. The number of aromatic nitrogens is 2. The Kier molecular flexibility index (Phi) is 2.66. The third kappa shape index (κ3) is 1.81. The van der Waals surface area contributed by atoms with Gasteiger partial charge in [-0.3, -0.25) is 4.79 Å². The van der Waals surface area contributed by atoms with E-state index < -0.39 is 0 Å². The quantitative estimate of drug-likeness (QED) is 0.821. The summed E-state index contributed by atoms with van der Waals surface area (Å²) < 4.78 is 0. The molecule has 1 N–H and O–H groups in total. The highest BCUT2D eigenvalue weighted by Gasteiger charge is 2.20. The van der Waals surface area contributed by atoms with Crippen LogP contribution in [0.4, 0.5) is 5.69 Å². The zero-order valence-corrected chi connectivity index (χ0v) is 10.4. The predicted octanol–water partition coefficient (Wildman–Crippen LogP) is 1.23. The maximum absolute atomic E-state index is 11.3. The number of anilines is 1. The number of rotatable bonds is 1. The van der Waals surface area contributed by atoms with Gasteiger partial charge in [-0.1, -0.05) is 6.07 Å². The monoisotopic (exact) mass is 244 g/mol. The van der Waals surface area contributed by atoms with E-state index in [2.05, 4.69) is 20.9 Å². The minimum Gasteiger partial charge on any atom is -0.366 e. The summed E-state index contributed by atoms with van der Waals surface area (Å²) in [5.74, 6) is 0.160. The molecule has 0 radical (unpaired) electrons. The van der Waals surface area contributed by atoms with Crippen molar-refractivity contribution >= 4 is 22.6 Å². The molecule has 2 heterocycles. The molecule has 5 heteroatoms. The first-order chi connectivity index (χ1) is 8.75. The highest BCUT2D eigenvalue weighted by Crippen LogP contribution is 2.24. The van der Waals surface area contributed by atoms with Crippen molar-refractivity contribution in [2.75, 3.05) is 31.1 Å². The molecule has 0 spiro atoms. The summed E-state index contributed by atoms with van der Waals surface area (Å²) in [7, 11) is 0. The van der Waals surface area contributed by atoms with E-state index in [0.29, 0.717) is 0 Å². The van der Waals surface area contributed by atoms with Gasteiger partial charge in [0.15, 0.2) is 0 Å². The number of piperazine rings is 1. The van der Waals surface area contributed by atoms with Crippen molar-refractivity contribution in [1.29, 1.82) is 0 Å². The standard InChI is InChI=1S/C13H16N4O/c1-10(18)16-5-7-17(8-6-16)12-4-2-3-11-13(12)15-9-14-11/h2-4,9H,5-8H2,1H3,(H,14,15). The number of hydrogen-bond acceptors (Lipinski definition) is 3. The first kappa shape index (κ1) is 11.1. The Balaban J connectivity index is 1.84. The molecule has 94 valence electrons. The predicted molar refractivity (Wildman–Crippen MR) is 70.6 cm³/mol. The van der Waals surface area contributed by atoms with Gasteiger partial charge in [0.2, 0.25) is 5.91 Å². The topological polar surface area (TPSA) is 52.2 Å². The van der Waals surface area contributed by atoms with Crippen LogP contribution in [0.2, 0.25) is 0 Å². The van der Waals surface area contributed by atoms with Crippen LogP contribution in [0.3, 0.4) is 0 Å². The maximum atomic E-state index is 11.3. The van der Waals surface area contributed by atoms with E-state index in [1.165, 1.54) is 0 Å². The summed E-state index contributed by atoms with van der Waals surface area (Å²) in [5, 5.41) is 0. The number of hydrogen-bond donors (Lipinski definition) is 1. The molecule has 1 aliphatic heterocycles. The van der Waals surface area contributed by atoms with Crippen LogP contribution in [0.5, 0.6) is 0 Å². The molecule has 0 atom stereocenters. The van der Waals surface area contributed by atoms with Crippen LogP contribution >= 0.6 is 0 Å². The molecule has 0 bridgehead atoms. The number of benzene rings is 1. The SMILES string of the molecule is CC(=O)N1CCN(c2cccc3[nH]cnc23)CC1. The molecular formula is C13H16N4O. The van der Waals surface area contributed by atoms with E-state index in [-0.39, 0.29) is 5.91 Å². The molecule has 2 aromatic rings. The summed E-state index contributed by atoms with van der Waals surface area (Å²) in [5.41, 5.74) is 3.22. The van der Waals surface area contributed by atoms with Crippen LogP contribution in [0.1, 0.15) is 6.92 Å². The van der Waals surface area contributed by atoms with Crippen molar-refractivity contribution < 1.29 is 4.79 Å². The smallest absolute Gasteiger partial charge is 0.219 e. The van der Waals surface area contributed by atoms with Gasteiger partial charge in [-0.2, -0.15) is 0 Å². The van der Waals surface area contributed by atoms with Gasteiger partial charge in [-0.25, -0.2) is 4.98 Å². The summed E-state index contributed by atoms with van der Waals surface area (Å²) in [6, 6.07) is 6.15. The number of aromatic amines is 1. The number of fused-ring (bicyclic) bond motifs is 1. The largest absolute Gasteiger partial charge is 0.366 e. The Labute approximate surface area is 105 Å². The third-order valence-electron chi connectivity index (χ3n) is 3.49. The van der Waals surface area contributed by atoms with Crippen molar-refractivity contribution in [1.82, 2.24) is 14.9 Å². The second kappa shape index (κ2) is 4.33. The second-order valence-corrected chi connectivity index (χ2v) is 4.57. The van der Waals surface area contributed by atoms with Gasteiger partial charge >= 0.3 is 0 Å². The number of carbonyl (C=O) groups excluding carboxylic acids is 1.